The van der Waals surface area contributed by atoms with Crippen molar-refractivity contribution in [2.24, 2.45) is 11.7 Å². The smallest absolute Gasteiger partial charge is 0.106 e. The van der Waals surface area contributed by atoms with E-state index in [9.17, 15) is 0 Å². The van der Waals surface area contributed by atoms with Crippen molar-refractivity contribution < 1.29 is 0 Å². The molecule has 2 N–H and O–H groups in total. The minimum absolute atomic E-state index is 0.381. The van der Waals surface area contributed by atoms with Crippen LogP contribution in [0.1, 0.15) is 46.5 Å². The summed E-state index contributed by atoms with van der Waals surface area (Å²) < 4.78 is 0. The molecule has 12 heavy (non-hydrogen) atoms. The fourth-order valence-electron chi connectivity index (χ4n) is 1.54. The molecule has 0 aliphatic heterocycles. The first-order valence-electron chi connectivity index (χ1n) is 4.89. The minimum atomic E-state index is -0.516. The van der Waals surface area contributed by atoms with Gasteiger partial charge in [0.2, 0.25) is 0 Å². The van der Waals surface area contributed by atoms with E-state index in [-0.39, 0.29) is 0 Å². The van der Waals surface area contributed by atoms with Gasteiger partial charge in [0.15, 0.2) is 0 Å². The summed E-state index contributed by atoms with van der Waals surface area (Å²) in [4.78, 5) is 0. The number of nitrogens with two attached hydrogens (primary N) is 1. The van der Waals surface area contributed by atoms with Crippen molar-refractivity contribution in [2.45, 2.75) is 52.0 Å². The van der Waals surface area contributed by atoms with Crippen LogP contribution in [0.5, 0.6) is 0 Å². The van der Waals surface area contributed by atoms with E-state index < -0.39 is 5.54 Å². The molecule has 0 aromatic heterocycles. The second-order valence-electron chi connectivity index (χ2n) is 3.30. The molecule has 70 valence electrons. The molecule has 0 saturated heterocycles. The van der Waals surface area contributed by atoms with Crippen LogP contribution in [0.15, 0.2) is 0 Å². The van der Waals surface area contributed by atoms with Gasteiger partial charge < -0.3 is 5.73 Å². The Kier molecular flexibility index (Phi) is 4.92. The van der Waals surface area contributed by atoms with E-state index in [0.29, 0.717) is 5.92 Å². The van der Waals surface area contributed by atoms with Crippen LogP contribution >= 0.6 is 0 Å². The maximum Gasteiger partial charge on any atom is 0.106 e. The average Bonchev–Trinajstić information content (AvgIpc) is 2.14. The molecule has 2 heteroatoms. The van der Waals surface area contributed by atoms with E-state index in [4.69, 9.17) is 11.0 Å². The van der Waals surface area contributed by atoms with Gasteiger partial charge >= 0.3 is 0 Å². The molecule has 0 aromatic rings. The maximum atomic E-state index is 8.75. The second-order valence-corrected chi connectivity index (χ2v) is 3.30. The Bertz CT molecular complexity index is 160. The quantitative estimate of drug-likeness (QED) is 0.604. The Morgan fingerprint density at radius 1 is 1.42 bits per heavy atom. The highest BCUT2D eigenvalue weighted by Crippen LogP contribution is 2.30. The van der Waals surface area contributed by atoms with E-state index in [1.807, 2.05) is 13.8 Å². The molecule has 0 spiro atoms. The monoisotopic (exact) mass is 168 g/mol. The molecule has 0 radical (unpaired) electrons. The van der Waals surface area contributed by atoms with Gasteiger partial charge in [-0.2, -0.15) is 5.26 Å². The van der Waals surface area contributed by atoms with Gasteiger partial charge in [0, 0.05) is 0 Å². The third kappa shape index (κ3) is 2.49. The topological polar surface area (TPSA) is 49.8 Å². The van der Waals surface area contributed by atoms with Crippen molar-refractivity contribution in [1.29, 1.82) is 5.26 Å². The molecule has 1 fully saturated rings. The summed E-state index contributed by atoms with van der Waals surface area (Å²) >= 11 is 0. The third-order valence-electron chi connectivity index (χ3n) is 2.57. The van der Waals surface area contributed by atoms with Gasteiger partial charge in [-0.15, -0.1) is 0 Å². The second kappa shape index (κ2) is 5.16. The summed E-state index contributed by atoms with van der Waals surface area (Å²) in [6, 6.07) is 2.21. The van der Waals surface area contributed by atoms with Crippen LogP contribution in [0, 0.1) is 17.2 Å². The van der Waals surface area contributed by atoms with E-state index in [0.717, 1.165) is 19.3 Å². The molecular formula is C10H20N2. The van der Waals surface area contributed by atoms with Gasteiger partial charge in [-0.05, 0) is 18.8 Å². The minimum Gasteiger partial charge on any atom is -0.313 e. The molecule has 0 heterocycles. The maximum absolute atomic E-state index is 8.75. The molecule has 1 rings (SSSR count). The highest BCUT2D eigenvalue weighted by molar-refractivity contribution is 5.08. The number of rotatable bonds is 0. The average molecular weight is 168 g/mol. The predicted octanol–water partition coefficient (Wildman–Crippen LogP) is 2.44. The van der Waals surface area contributed by atoms with Gasteiger partial charge in [-0.3, -0.25) is 0 Å². The first-order valence-corrected chi connectivity index (χ1v) is 4.89. The summed E-state index contributed by atoms with van der Waals surface area (Å²) in [5.41, 5.74) is 5.33. The molecule has 2 unspecified atom stereocenters. The number of hydrogen-bond acceptors (Lipinski definition) is 2. The van der Waals surface area contributed by atoms with Crippen molar-refractivity contribution in [1.82, 2.24) is 0 Å². The van der Waals surface area contributed by atoms with E-state index >= 15 is 0 Å². The number of hydrogen-bond donors (Lipinski definition) is 1. The normalized spacial score (nSPS) is 34.4. The fraction of sp³-hybridized carbons (Fsp3) is 0.900. The zero-order chi connectivity index (χ0) is 9.61. The molecule has 2 atom stereocenters. The lowest BCUT2D eigenvalue weighted by molar-refractivity contribution is 0.265. The highest BCUT2D eigenvalue weighted by Gasteiger charge is 2.33. The first kappa shape index (κ1) is 11.4. The molecule has 0 aromatic carbocycles. The lowest BCUT2D eigenvalue weighted by atomic mass is 9.75. The van der Waals surface area contributed by atoms with Crippen molar-refractivity contribution in [3.8, 4) is 6.07 Å². The Morgan fingerprint density at radius 3 is 2.33 bits per heavy atom. The van der Waals surface area contributed by atoms with E-state index in [1.54, 1.807) is 0 Å². The Labute approximate surface area is 75.8 Å². The Hall–Kier alpha value is -0.550. The lowest BCUT2D eigenvalue weighted by Crippen LogP contribution is -2.46. The molecule has 0 bridgehead atoms. The van der Waals surface area contributed by atoms with Crippen LogP contribution in [0.2, 0.25) is 0 Å². The predicted molar refractivity (Wildman–Crippen MR) is 51.5 cm³/mol. The SMILES string of the molecule is CC.CC1CCCCC1(N)C#N. The van der Waals surface area contributed by atoms with Crippen molar-refractivity contribution in [2.75, 3.05) is 0 Å². The van der Waals surface area contributed by atoms with Crippen LogP contribution in [-0.2, 0) is 0 Å². The summed E-state index contributed by atoms with van der Waals surface area (Å²) in [5.74, 6) is 0.381. The Morgan fingerprint density at radius 2 is 2.00 bits per heavy atom. The molecule has 1 aliphatic rings. The largest absolute Gasteiger partial charge is 0.313 e. The van der Waals surface area contributed by atoms with E-state index in [1.165, 1.54) is 6.42 Å². The van der Waals surface area contributed by atoms with Gasteiger partial charge in [0.1, 0.15) is 5.54 Å². The highest BCUT2D eigenvalue weighted by atomic mass is 14.8. The molecule has 0 amide bonds. The molecule has 1 saturated carbocycles. The van der Waals surface area contributed by atoms with Gasteiger partial charge in [0.05, 0.1) is 6.07 Å². The van der Waals surface area contributed by atoms with Crippen LogP contribution < -0.4 is 5.73 Å². The molecule has 1 aliphatic carbocycles. The summed E-state index contributed by atoms with van der Waals surface area (Å²) in [6.45, 7) is 6.07. The van der Waals surface area contributed by atoms with Crippen LogP contribution in [0.3, 0.4) is 0 Å². The number of nitriles is 1. The zero-order valence-corrected chi connectivity index (χ0v) is 8.43. The zero-order valence-electron chi connectivity index (χ0n) is 8.43. The lowest BCUT2D eigenvalue weighted by Gasteiger charge is -2.32. The molecule has 2 nitrogen and oxygen atoms in total. The van der Waals surface area contributed by atoms with E-state index in [2.05, 4.69) is 13.0 Å². The van der Waals surface area contributed by atoms with Crippen molar-refractivity contribution in [3.63, 3.8) is 0 Å². The third-order valence-corrected chi connectivity index (χ3v) is 2.57. The van der Waals surface area contributed by atoms with Gasteiger partial charge in [-0.25, -0.2) is 0 Å². The molecular weight excluding hydrogens is 148 g/mol. The summed E-state index contributed by atoms with van der Waals surface area (Å²) in [5, 5.41) is 8.75. The van der Waals surface area contributed by atoms with Crippen molar-refractivity contribution in [3.05, 3.63) is 0 Å². The first-order chi connectivity index (χ1) is 5.69. The van der Waals surface area contributed by atoms with Crippen molar-refractivity contribution >= 4 is 0 Å². The van der Waals surface area contributed by atoms with Gasteiger partial charge in [-0.1, -0.05) is 33.6 Å². The Balaban J connectivity index is 0.000000561. The van der Waals surface area contributed by atoms with Crippen LogP contribution in [0.4, 0.5) is 0 Å². The van der Waals surface area contributed by atoms with Crippen LogP contribution in [0.25, 0.3) is 0 Å². The summed E-state index contributed by atoms with van der Waals surface area (Å²) in [6.07, 6.45) is 4.35. The fourth-order valence-corrected chi connectivity index (χ4v) is 1.54. The van der Waals surface area contributed by atoms with Gasteiger partial charge in [0.25, 0.3) is 0 Å². The summed E-state index contributed by atoms with van der Waals surface area (Å²) in [7, 11) is 0. The standard InChI is InChI=1S/C8H14N2.C2H6/c1-7-4-2-3-5-8(7,10)6-9;1-2/h7H,2-5,10H2,1H3;1-2H3. The van der Waals surface area contributed by atoms with Crippen LogP contribution in [-0.4, -0.2) is 5.54 Å². The number of nitrogens with zero attached hydrogens (tertiary/aromatic N) is 1.